The predicted molar refractivity (Wildman–Crippen MR) is 78.7 cm³/mol. The van der Waals surface area contributed by atoms with E-state index in [0.717, 1.165) is 27.2 Å². The Morgan fingerprint density at radius 3 is 2.90 bits per heavy atom. The molecule has 5 heteroatoms. The molecule has 3 rings (SSSR count). The van der Waals surface area contributed by atoms with Crippen molar-refractivity contribution in [1.29, 1.82) is 5.26 Å². The van der Waals surface area contributed by atoms with E-state index in [1.54, 1.807) is 0 Å². The Morgan fingerprint density at radius 2 is 2.05 bits per heavy atom. The van der Waals surface area contributed by atoms with Crippen molar-refractivity contribution in [2.45, 2.75) is 6.54 Å². The number of para-hydroxylation sites is 1. The van der Waals surface area contributed by atoms with E-state index in [9.17, 15) is 5.26 Å². The molecule has 20 heavy (non-hydrogen) atoms. The van der Waals surface area contributed by atoms with E-state index in [0.29, 0.717) is 12.1 Å². The number of nitrogens with zero attached hydrogens (tertiary/aromatic N) is 1. The smallest absolute Gasteiger partial charge is 0.231 e. The van der Waals surface area contributed by atoms with E-state index in [2.05, 4.69) is 27.3 Å². The number of hydrogen-bond donors (Lipinski definition) is 1. The van der Waals surface area contributed by atoms with E-state index in [1.165, 1.54) is 0 Å². The second-order valence-electron chi connectivity index (χ2n) is 4.28. The SMILES string of the molecule is N#Cc1c(Br)cccc1NCc1cccc2c1OCO2. The highest BCUT2D eigenvalue weighted by Crippen LogP contribution is 2.35. The van der Waals surface area contributed by atoms with Crippen LogP contribution in [-0.2, 0) is 6.54 Å². The Labute approximate surface area is 125 Å². The van der Waals surface area contributed by atoms with E-state index in [-0.39, 0.29) is 6.79 Å². The largest absolute Gasteiger partial charge is 0.454 e. The number of hydrogen-bond acceptors (Lipinski definition) is 4. The summed E-state index contributed by atoms with van der Waals surface area (Å²) in [6.45, 7) is 0.824. The maximum absolute atomic E-state index is 9.19. The zero-order valence-corrected chi connectivity index (χ0v) is 12.1. The summed E-state index contributed by atoms with van der Waals surface area (Å²) in [5.74, 6) is 1.53. The topological polar surface area (TPSA) is 54.3 Å². The number of nitriles is 1. The minimum Gasteiger partial charge on any atom is -0.454 e. The number of rotatable bonds is 3. The highest BCUT2D eigenvalue weighted by atomic mass is 79.9. The number of benzene rings is 2. The van der Waals surface area contributed by atoms with Crippen LogP contribution in [-0.4, -0.2) is 6.79 Å². The molecular formula is C15H11BrN2O2. The van der Waals surface area contributed by atoms with E-state index >= 15 is 0 Å². The summed E-state index contributed by atoms with van der Waals surface area (Å²) in [5, 5.41) is 12.4. The molecular weight excluding hydrogens is 320 g/mol. The average molecular weight is 331 g/mol. The van der Waals surface area contributed by atoms with Crippen LogP contribution in [0.3, 0.4) is 0 Å². The Balaban J connectivity index is 1.83. The summed E-state index contributed by atoms with van der Waals surface area (Å²) in [5.41, 5.74) is 2.39. The van der Waals surface area contributed by atoms with Crippen LogP contribution in [0.15, 0.2) is 40.9 Å². The van der Waals surface area contributed by atoms with Gasteiger partial charge < -0.3 is 14.8 Å². The van der Waals surface area contributed by atoms with Gasteiger partial charge in [0.05, 0.1) is 11.3 Å². The number of halogens is 1. The maximum Gasteiger partial charge on any atom is 0.231 e. The van der Waals surface area contributed by atoms with Gasteiger partial charge in [0.1, 0.15) is 6.07 Å². The molecule has 0 aromatic heterocycles. The molecule has 1 heterocycles. The fraction of sp³-hybridized carbons (Fsp3) is 0.133. The fourth-order valence-corrected chi connectivity index (χ4v) is 2.56. The fourth-order valence-electron chi connectivity index (χ4n) is 2.11. The van der Waals surface area contributed by atoms with Gasteiger partial charge in [-0.05, 0) is 34.1 Å². The molecule has 2 aromatic carbocycles. The first-order valence-electron chi connectivity index (χ1n) is 6.09. The van der Waals surface area contributed by atoms with Crippen LogP contribution >= 0.6 is 15.9 Å². The molecule has 1 aliphatic heterocycles. The summed E-state index contributed by atoms with van der Waals surface area (Å²) in [6.07, 6.45) is 0. The van der Waals surface area contributed by atoms with Crippen LogP contribution in [0.5, 0.6) is 11.5 Å². The van der Waals surface area contributed by atoms with E-state index < -0.39 is 0 Å². The zero-order chi connectivity index (χ0) is 13.9. The number of nitrogens with one attached hydrogen (secondary N) is 1. The first kappa shape index (κ1) is 12.8. The molecule has 100 valence electrons. The van der Waals surface area contributed by atoms with Gasteiger partial charge >= 0.3 is 0 Å². The third kappa shape index (κ3) is 2.30. The third-order valence-electron chi connectivity index (χ3n) is 3.07. The van der Waals surface area contributed by atoms with Gasteiger partial charge in [0, 0.05) is 16.6 Å². The van der Waals surface area contributed by atoms with Crippen LogP contribution in [0.25, 0.3) is 0 Å². The van der Waals surface area contributed by atoms with Crippen molar-refractivity contribution < 1.29 is 9.47 Å². The van der Waals surface area contributed by atoms with Crippen LogP contribution in [0.1, 0.15) is 11.1 Å². The van der Waals surface area contributed by atoms with Crippen LogP contribution in [0, 0.1) is 11.3 Å². The Morgan fingerprint density at radius 1 is 1.20 bits per heavy atom. The highest BCUT2D eigenvalue weighted by Gasteiger charge is 2.17. The molecule has 0 unspecified atom stereocenters. The van der Waals surface area contributed by atoms with Crippen molar-refractivity contribution >= 4 is 21.6 Å². The normalized spacial score (nSPS) is 12.0. The molecule has 0 aliphatic carbocycles. The third-order valence-corrected chi connectivity index (χ3v) is 3.73. The molecule has 0 saturated heterocycles. The van der Waals surface area contributed by atoms with Crippen LogP contribution in [0.4, 0.5) is 5.69 Å². The lowest BCUT2D eigenvalue weighted by atomic mass is 10.1. The lowest BCUT2D eigenvalue weighted by Crippen LogP contribution is -2.03. The molecule has 0 radical (unpaired) electrons. The molecule has 1 N–H and O–H groups in total. The van der Waals surface area contributed by atoms with Crippen LogP contribution in [0.2, 0.25) is 0 Å². The zero-order valence-electron chi connectivity index (χ0n) is 10.5. The highest BCUT2D eigenvalue weighted by molar-refractivity contribution is 9.10. The minimum atomic E-state index is 0.257. The second kappa shape index (κ2) is 5.43. The predicted octanol–water partition coefficient (Wildman–Crippen LogP) is 3.66. The summed E-state index contributed by atoms with van der Waals surface area (Å²) in [7, 11) is 0. The second-order valence-corrected chi connectivity index (χ2v) is 5.13. The molecule has 1 aliphatic rings. The summed E-state index contributed by atoms with van der Waals surface area (Å²) >= 11 is 3.38. The van der Waals surface area contributed by atoms with Crippen molar-refractivity contribution in [2.24, 2.45) is 0 Å². The van der Waals surface area contributed by atoms with Gasteiger partial charge in [-0.1, -0.05) is 18.2 Å². The van der Waals surface area contributed by atoms with Gasteiger partial charge in [-0.25, -0.2) is 0 Å². The number of anilines is 1. The standard InChI is InChI=1S/C15H11BrN2O2/c16-12-4-2-5-13(11(12)7-17)18-8-10-3-1-6-14-15(10)20-9-19-14/h1-6,18H,8-9H2. The Kier molecular flexibility index (Phi) is 3.48. The van der Waals surface area contributed by atoms with Crippen LogP contribution < -0.4 is 14.8 Å². The Hall–Kier alpha value is -2.19. The van der Waals surface area contributed by atoms with Gasteiger partial charge in [0.2, 0.25) is 6.79 Å². The molecule has 0 bridgehead atoms. The van der Waals surface area contributed by atoms with Gasteiger partial charge in [-0.2, -0.15) is 5.26 Å². The van der Waals surface area contributed by atoms with Crippen molar-refractivity contribution in [3.05, 3.63) is 52.0 Å². The average Bonchev–Trinajstić information content (AvgIpc) is 2.94. The number of ether oxygens (including phenoxy) is 2. The van der Waals surface area contributed by atoms with Crippen molar-refractivity contribution in [1.82, 2.24) is 0 Å². The van der Waals surface area contributed by atoms with Gasteiger partial charge in [0.25, 0.3) is 0 Å². The van der Waals surface area contributed by atoms with Gasteiger partial charge in [-0.15, -0.1) is 0 Å². The monoisotopic (exact) mass is 330 g/mol. The Bertz CT molecular complexity index is 695. The van der Waals surface area contributed by atoms with E-state index in [4.69, 9.17) is 9.47 Å². The van der Waals surface area contributed by atoms with E-state index in [1.807, 2.05) is 36.4 Å². The molecule has 0 atom stereocenters. The minimum absolute atomic E-state index is 0.257. The maximum atomic E-state index is 9.19. The summed E-state index contributed by atoms with van der Waals surface area (Å²) in [6, 6.07) is 13.6. The lowest BCUT2D eigenvalue weighted by molar-refractivity contribution is 0.173. The first-order valence-corrected chi connectivity index (χ1v) is 6.89. The van der Waals surface area contributed by atoms with Gasteiger partial charge in [-0.3, -0.25) is 0 Å². The van der Waals surface area contributed by atoms with Crippen molar-refractivity contribution in [3.63, 3.8) is 0 Å². The lowest BCUT2D eigenvalue weighted by Gasteiger charge is -2.10. The first-order chi connectivity index (χ1) is 9.79. The summed E-state index contributed by atoms with van der Waals surface area (Å²) < 4.78 is 11.6. The molecule has 0 saturated carbocycles. The quantitative estimate of drug-likeness (QED) is 0.933. The van der Waals surface area contributed by atoms with Crippen molar-refractivity contribution in [3.8, 4) is 17.6 Å². The molecule has 0 spiro atoms. The van der Waals surface area contributed by atoms with Crippen molar-refractivity contribution in [2.75, 3.05) is 12.1 Å². The molecule has 4 nitrogen and oxygen atoms in total. The summed E-state index contributed by atoms with van der Waals surface area (Å²) in [4.78, 5) is 0. The molecule has 0 fully saturated rings. The molecule has 0 amide bonds. The molecule has 2 aromatic rings. The van der Waals surface area contributed by atoms with Gasteiger partial charge in [0.15, 0.2) is 11.5 Å². The number of fused-ring (bicyclic) bond motifs is 1.